The van der Waals surface area contributed by atoms with Gasteiger partial charge in [0.15, 0.2) is 0 Å². The molecular weight excluding hydrogens is 351 g/mol. The molecule has 2 aromatic rings. The van der Waals surface area contributed by atoms with Crippen LogP contribution in [0.3, 0.4) is 0 Å². The van der Waals surface area contributed by atoms with Gasteiger partial charge in [-0.05, 0) is 49.2 Å². The first-order valence-electron chi connectivity index (χ1n) is 8.71. The van der Waals surface area contributed by atoms with Crippen molar-refractivity contribution in [2.45, 2.75) is 35.8 Å². The summed E-state index contributed by atoms with van der Waals surface area (Å²) in [7, 11) is 0. The molecule has 0 atom stereocenters. The van der Waals surface area contributed by atoms with Crippen molar-refractivity contribution in [3.63, 3.8) is 0 Å². The van der Waals surface area contributed by atoms with E-state index in [1.807, 2.05) is 36.0 Å². The van der Waals surface area contributed by atoms with Gasteiger partial charge >= 0.3 is 0 Å². The van der Waals surface area contributed by atoms with Crippen LogP contribution in [0.25, 0.3) is 0 Å². The van der Waals surface area contributed by atoms with E-state index < -0.39 is 11.7 Å². The number of halogens is 1. The van der Waals surface area contributed by atoms with E-state index in [4.69, 9.17) is 0 Å². The molecule has 0 heterocycles. The van der Waals surface area contributed by atoms with Crippen molar-refractivity contribution in [3.05, 3.63) is 59.9 Å². The van der Waals surface area contributed by atoms with E-state index in [0.29, 0.717) is 10.9 Å². The van der Waals surface area contributed by atoms with Gasteiger partial charge in [-0.2, -0.15) is 0 Å². The minimum atomic E-state index is -0.610. The van der Waals surface area contributed by atoms with Crippen molar-refractivity contribution < 1.29 is 14.0 Å². The molecule has 3 rings (SSSR count). The summed E-state index contributed by atoms with van der Waals surface area (Å²) in [6, 6.07) is 13.4. The molecule has 4 nitrogen and oxygen atoms in total. The van der Waals surface area contributed by atoms with Crippen molar-refractivity contribution in [2.24, 2.45) is 0 Å². The van der Waals surface area contributed by atoms with E-state index in [-0.39, 0.29) is 18.0 Å². The van der Waals surface area contributed by atoms with E-state index in [2.05, 4.69) is 10.6 Å². The van der Waals surface area contributed by atoms with E-state index in [1.165, 1.54) is 48.8 Å². The van der Waals surface area contributed by atoms with Gasteiger partial charge in [-0.3, -0.25) is 9.59 Å². The fourth-order valence-electron chi connectivity index (χ4n) is 2.92. The van der Waals surface area contributed by atoms with Gasteiger partial charge in [0.05, 0.1) is 12.1 Å². The highest BCUT2D eigenvalue weighted by atomic mass is 32.2. The van der Waals surface area contributed by atoms with Crippen LogP contribution in [0.5, 0.6) is 0 Å². The molecule has 6 heteroatoms. The monoisotopic (exact) mass is 372 g/mol. The molecule has 0 aromatic heterocycles. The maximum absolute atomic E-state index is 13.5. The minimum Gasteiger partial charge on any atom is -0.343 e. The van der Waals surface area contributed by atoms with Crippen LogP contribution in [0, 0.1) is 5.82 Å². The topological polar surface area (TPSA) is 58.2 Å². The summed E-state index contributed by atoms with van der Waals surface area (Å²) in [4.78, 5) is 25.1. The third-order valence-corrected chi connectivity index (χ3v) is 5.62. The van der Waals surface area contributed by atoms with Crippen LogP contribution >= 0.6 is 11.8 Å². The number of carbonyl (C=O) groups is 2. The number of carbonyl (C=O) groups excluding carboxylic acids is 2. The number of rotatable bonds is 6. The second-order valence-electron chi connectivity index (χ2n) is 6.26. The van der Waals surface area contributed by atoms with Crippen molar-refractivity contribution in [1.82, 2.24) is 5.32 Å². The maximum atomic E-state index is 13.5. The van der Waals surface area contributed by atoms with Crippen LogP contribution in [-0.2, 0) is 4.79 Å². The van der Waals surface area contributed by atoms with Gasteiger partial charge in [0.1, 0.15) is 5.82 Å². The minimum absolute atomic E-state index is 0.0754. The standard InChI is InChI=1S/C20H21FN2O2S/c21-18-8-4-3-7-17(18)20(25)22-13-19(24)23-14-9-11-16(12-10-14)26-15-5-1-2-6-15/h3-4,7-12,15H,1-2,5-6,13H2,(H,22,25)(H,23,24). The molecule has 2 N–H and O–H groups in total. The first kappa shape index (κ1) is 18.5. The number of hydrogen-bond donors (Lipinski definition) is 2. The first-order chi connectivity index (χ1) is 12.6. The number of thioether (sulfide) groups is 1. The quantitative estimate of drug-likeness (QED) is 0.798. The van der Waals surface area contributed by atoms with Crippen molar-refractivity contribution >= 4 is 29.3 Å². The molecule has 0 aliphatic heterocycles. The van der Waals surface area contributed by atoms with Crippen LogP contribution in [0.1, 0.15) is 36.0 Å². The molecule has 0 saturated heterocycles. The van der Waals surface area contributed by atoms with Crippen molar-refractivity contribution in [1.29, 1.82) is 0 Å². The highest BCUT2D eigenvalue weighted by Gasteiger charge is 2.16. The molecule has 26 heavy (non-hydrogen) atoms. The van der Waals surface area contributed by atoms with Crippen molar-refractivity contribution in [2.75, 3.05) is 11.9 Å². The van der Waals surface area contributed by atoms with Gasteiger partial charge in [-0.15, -0.1) is 11.8 Å². The van der Waals surface area contributed by atoms with Crippen LogP contribution in [0.15, 0.2) is 53.4 Å². The number of hydrogen-bond acceptors (Lipinski definition) is 3. The lowest BCUT2D eigenvalue weighted by atomic mass is 10.2. The van der Waals surface area contributed by atoms with Crippen molar-refractivity contribution in [3.8, 4) is 0 Å². The fourth-order valence-corrected chi connectivity index (χ4v) is 4.17. The van der Waals surface area contributed by atoms with Gasteiger partial charge < -0.3 is 10.6 Å². The number of anilines is 1. The van der Waals surface area contributed by atoms with E-state index in [1.54, 1.807) is 6.07 Å². The molecular formula is C20H21FN2O2S. The summed E-state index contributed by atoms with van der Waals surface area (Å²) >= 11 is 1.89. The van der Waals surface area contributed by atoms with Gasteiger partial charge in [-0.1, -0.05) is 25.0 Å². The maximum Gasteiger partial charge on any atom is 0.254 e. The Bertz CT molecular complexity index is 774. The van der Waals surface area contributed by atoms with Crippen LogP contribution in [-0.4, -0.2) is 23.6 Å². The van der Waals surface area contributed by atoms with Gasteiger partial charge in [-0.25, -0.2) is 4.39 Å². The molecule has 1 saturated carbocycles. The number of nitrogens with one attached hydrogen (secondary N) is 2. The molecule has 1 aliphatic carbocycles. The normalized spacial score (nSPS) is 14.2. The molecule has 0 radical (unpaired) electrons. The molecule has 0 unspecified atom stereocenters. The van der Waals surface area contributed by atoms with Crippen LogP contribution in [0.2, 0.25) is 0 Å². The summed E-state index contributed by atoms with van der Waals surface area (Å²) < 4.78 is 13.5. The second-order valence-corrected chi connectivity index (χ2v) is 7.63. The highest BCUT2D eigenvalue weighted by molar-refractivity contribution is 8.00. The smallest absolute Gasteiger partial charge is 0.254 e. The summed E-state index contributed by atoms with van der Waals surface area (Å²) in [6.45, 7) is -0.217. The van der Waals surface area contributed by atoms with Gasteiger partial charge in [0.25, 0.3) is 5.91 Å². The largest absolute Gasteiger partial charge is 0.343 e. The molecule has 1 aliphatic rings. The predicted molar refractivity (Wildman–Crippen MR) is 102 cm³/mol. The molecule has 136 valence electrons. The first-order valence-corrected chi connectivity index (χ1v) is 9.59. The van der Waals surface area contributed by atoms with Crippen LogP contribution in [0.4, 0.5) is 10.1 Å². The third-order valence-electron chi connectivity index (χ3n) is 4.27. The van der Waals surface area contributed by atoms with E-state index in [9.17, 15) is 14.0 Å². The molecule has 0 bridgehead atoms. The fraction of sp³-hybridized carbons (Fsp3) is 0.300. The Morgan fingerprint density at radius 2 is 1.73 bits per heavy atom. The van der Waals surface area contributed by atoms with E-state index >= 15 is 0 Å². The van der Waals surface area contributed by atoms with Crippen LogP contribution < -0.4 is 10.6 Å². The van der Waals surface area contributed by atoms with Gasteiger partial charge in [0, 0.05) is 15.8 Å². The average molecular weight is 372 g/mol. The Kier molecular flexibility index (Phi) is 6.28. The second kappa shape index (κ2) is 8.85. The molecule has 0 spiro atoms. The zero-order chi connectivity index (χ0) is 18.4. The Hall–Kier alpha value is -2.34. The highest BCUT2D eigenvalue weighted by Crippen LogP contribution is 2.34. The molecule has 2 aromatic carbocycles. The molecule has 2 amide bonds. The average Bonchev–Trinajstić information content (AvgIpc) is 3.15. The SMILES string of the molecule is O=C(CNC(=O)c1ccccc1F)Nc1ccc(SC2CCCC2)cc1. The summed E-state index contributed by atoms with van der Waals surface area (Å²) in [5, 5.41) is 5.85. The Morgan fingerprint density at radius 1 is 1.04 bits per heavy atom. The number of benzene rings is 2. The lowest BCUT2D eigenvalue weighted by Crippen LogP contribution is -2.33. The summed E-state index contributed by atoms with van der Waals surface area (Å²) in [5.74, 6) is -1.58. The predicted octanol–water partition coefficient (Wildman–Crippen LogP) is 4.23. The Balaban J connectivity index is 1.47. The lowest BCUT2D eigenvalue weighted by Gasteiger charge is -2.10. The zero-order valence-corrected chi connectivity index (χ0v) is 15.2. The van der Waals surface area contributed by atoms with E-state index in [0.717, 1.165) is 0 Å². The Labute approximate surface area is 156 Å². The Morgan fingerprint density at radius 3 is 2.42 bits per heavy atom. The number of amides is 2. The molecule has 1 fully saturated rings. The summed E-state index contributed by atoms with van der Waals surface area (Å²) in [6.07, 6.45) is 5.16. The third kappa shape index (κ3) is 5.08. The van der Waals surface area contributed by atoms with Gasteiger partial charge in [0.2, 0.25) is 5.91 Å². The zero-order valence-electron chi connectivity index (χ0n) is 14.3. The summed E-state index contributed by atoms with van der Waals surface area (Å²) in [5.41, 5.74) is 0.597. The lowest BCUT2D eigenvalue weighted by molar-refractivity contribution is -0.115.